The summed E-state index contributed by atoms with van der Waals surface area (Å²) in [6, 6.07) is 8.98. The summed E-state index contributed by atoms with van der Waals surface area (Å²) in [6.07, 6.45) is 6.01. The van der Waals surface area contributed by atoms with E-state index in [4.69, 9.17) is 0 Å². The fourth-order valence-corrected chi connectivity index (χ4v) is 4.12. The van der Waals surface area contributed by atoms with Crippen LogP contribution in [0.25, 0.3) is 5.65 Å². The SMILES string of the molecule is CS(=O)(=O)N1CCN(C(=O)c2cnn3cccnc23)Cc2ccccc21. The maximum atomic E-state index is 13.1. The minimum atomic E-state index is -3.43. The van der Waals surface area contributed by atoms with Crippen LogP contribution in [0.5, 0.6) is 0 Å². The topological polar surface area (TPSA) is 87.9 Å². The predicted octanol–water partition coefficient (Wildman–Crippen LogP) is 1.15. The first kappa shape index (κ1) is 16.5. The highest BCUT2D eigenvalue weighted by atomic mass is 32.2. The summed E-state index contributed by atoms with van der Waals surface area (Å²) < 4.78 is 27.3. The van der Waals surface area contributed by atoms with Crippen molar-refractivity contribution in [1.29, 1.82) is 0 Å². The molecule has 8 nitrogen and oxygen atoms in total. The second-order valence-corrected chi connectivity index (χ2v) is 8.04. The number of carbonyl (C=O) groups excluding carboxylic acids is 1. The van der Waals surface area contributed by atoms with Crippen molar-refractivity contribution in [3.8, 4) is 0 Å². The van der Waals surface area contributed by atoms with Gasteiger partial charge in [0.25, 0.3) is 5.91 Å². The van der Waals surface area contributed by atoms with E-state index in [1.54, 1.807) is 40.0 Å². The molecule has 0 aliphatic carbocycles. The molecule has 0 atom stereocenters. The number of rotatable bonds is 2. The summed E-state index contributed by atoms with van der Waals surface area (Å²) in [5.74, 6) is -0.219. The van der Waals surface area contributed by atoms with E-state index in [0.717, 1.165) is 5.56 Å². The molecule has 1 aliphatic rings. The fraction of sp³-hybridized carbons (Fsp3) is 0.235. The lowest BCUT2D eigenvalue weighted by Crippen LogP contribution is -2.37. The quantitative estimate of drug-likeness (QED) is 0.674. The standard InChI is InChI=1S/C17H17N5O3S/c1-26(24,25)22-10-9-20(12-13-5-2-3-6-15(13)22)17(23)14-11-19-21-8-4-7-18-16(14)21/h2-8,11H,9-10,12H2,1H3. The molecule has 0 unspecified atom stereocenters. The number of hydrogen-bond acceptors (Lipinski definition) is 5. The van der Waals surface area contributed by atoms with Crippen LogP contribution in [0.3, 0.4) is 0 Å². The van der Waals surface area contributed by atoms with E-state index in [9.17, 15) is 13.2 Å². The van der Waals surface area contributed by atoms with Gasteiger partial charge in [0.15, 0.2) is 5.65 Å². The lowest BCUT2D eigenvalue weighted by molar-refractivity contribution is 0.0754. The molecule has 0 bridgehead atoms. The van der Waals surface area contributed by atoms with Crippen LogP contribution in [-0.4, -0.2) is 53.2 Å². The molecule has 1 amide bonds. The number of hydrogen-bond donors (Lipinski definition) is 0. The summed E-state index contributed by atoms with van der Waals surface area (Å²) in [4.78, 5) is 18.9. The first-order chi connectivity index (χ1) is 12.4. The maximum absolute atomic E-state index is 13.1. The number of para-hydroxylation sites is 1. The molecule has 3 aromatic rings. The Bertz CT molecular complexity index is 1090. The zero-order valence-electron chi connectivity index (χ0n) is 14.1. The summed E-state index contributed by atoms with van der Waals surface area (Å²) in [6.45, 7) is 0.810. The van der Waals surface area contributed by atoms with Gasteiger partial charge in [-0.25, -0.2) is 17.9 Å². The number of amides is 1. The minimum absolute atomic E-state index is 0.203. The predicted molar refractivity (Wildman–Crippen MR) is 96.4 cm³/mol. The Kier molecular flexibility index (Phi) is 3.87. The fourth-order valence-electron chi connectivity index (χ4n) is 3.17. The molecular formula is C17H17N5O3S. The molecule has 3 heterocycles. The number of anilines is 1. The van der Waals surface area contributed by atoms with Crippen LogP contribution in [0, 0.1) is 0 Å². The van der Waals surface area contributed by atoms with Crippen molar-refractivity contribution in [3.05, 3.63) is 60.0 Å². The summed E-state index contributed by atoms with van der Waals surface area (Å²) in [5, 5.41) is 4.16. The van der Waals surface area contributed by atoms with Crippen molar-refractivity contribution in [3.63, 3.8) is 0 Å². The average molecular weight is 371 g/mol. The molecule has 4 rings (SSSR count). The first-order valence-corrected chi connectivity index (χ1v) is 9.93. The highest BCUT2D eigenvalue weighted by Gasteiger charge is 2.29. The number of nitrogens with zero attached hydrogens (tertiary/aromatic N) is 5. The normalized spacial score (nSPS) is 15.0. The van der Waals surface area contributed by atoms with Gasteiger partial charge in [0.05, 0.1) is 24.7 Å². The monoisotopic (exact) mass is 371 g/mol. The van der Waals surface area contributed by atoms with Crippen molar-refractivity contribution in [1.82, 2.24) is 19.5 Å². The maximum Gasteiger partial charge on any atom is 0.259 e. The van der Waals surface area contributed by atoms with E-state index < -0.39 is 10.0 Å². The Morgan fingerprint density at radius 2 is 1.96 bits per heavy atom. The van der Waals surface area contributed by atoms with Crippen LogP contribution < -0.4 is 4.31 Å². The van der Waals surface area contributed by atoms with Crippen molar-refractivity contribution >= 4 is 27.3 Å². The molecule has 26 heavy (non-hydrogen) atoms. The molecule has 0 saturated heterocycles. The molecule has 0 radical (unpaired) electrons. The summed E-state index contributed by atoms with van der Waals surface area (Å²) >= 11 is 0. The van der Waals surface area contributed by atoms with Gasteiger partial charge >= 0.3 is 0 Å². The number of benzene rings is 1. The molecular weight excluding hydrogens is 354 g/mol. The zero-order valence-corrected chi connectivity index (χ0v) is 14.9. The molecule has 1 aliphatic heterocycles. The summed E-state index contributed by atoms with van der Waals surface area (Å²) in [7, 11) is -3.43. The molecule has 0 N–H and O–H groups in total. The number of fused-ring (bicyclic) bond motifs is 2. The minimum Gasteiger partial charge on any atom is -0.332 e. The van der Waals surface area contributed by atoms with Crippen LogP contribution in [-0.2, 0) is 16.6 Å². The van der Waals surface area contributed by atoms with E-state index in [0.29, 0.717) is 23.4 Å². The smallest absolute Gasteiger partial charge is 0.259 e. The average Bonchev–Trinajstić information content (AvgIpc) is 2.93. The van der Waals surface area contributed by atoms with Crippen LogP contribution in [0.2, 0.25) is 0 Å². The number of carbonyl (C=O) groups is 1. The van der Waals surface area contributed by atoms with E-state index >= 15 is 0 Å². The van der Waals surface area contributed by atoms with Gasteiger partial charge in [0.1, 0.15) is 5.56 Å². The molecule has 0 spiro atoms. The lowest BCUT2D eigenvalue weighted by Gasteiger charge is -2.22. The zero-order chi connectivity index (χ0) is 18.3. The van der Waals surface area contributed by atoms with Crippen LogP contribution >= 0.6 is 0 Å². The Labute approximate surface area is 150 Å². The van der Waals surface area contributed by atoms with E-state index in [1.165, 1.54) is 16.8 Å². The molecule has 9 heteroatoms. The third-order valence-corrected chi connectivity index (χ3v) is 5.57. The van der Waals surface area contributed by atoms with Crippen molar-refractivity contribution in [2.24, 2.45) is 0 Å². The van der Waals surface area contributed by atoms with Gasteiger partial charge in [0, 0.05) is 25.5 Å². The Balaban J connectivity index is 1.72. The van der Waals surface area contributed by atoms with Gasteiger partial charge in [-0.05, 0) is 17.7 Å². The van der Waals surface area contributed by atoms with E-state index in [1.807, 2.05) is 12.1 Å². The molecule has 1 aromatic carbocycles. The molecule has 0 saturated carbocycles. The molecule has 0 fully saturated rings. The third-order valence-electron chi connectivity index (χ3n) is 4.39. The second-order valence-electron chi connectivity index (χ2n) is 6.14. The van der Waals surface area contributed by atoms with E-state index in [-0.39, 0.29) is 19.0 Å². The van der Waals surface area contributed by atoms with Crippen LogP contribution in [0.1, 0.15) is 15.9 Å². The highest BCUT2D eigenvalue weighted by Crippen LogP contribution is 2.27. The Hall–Kier alpha value is -2.94. The van der Waals surface area contributed by atoms with Crippen LogP contribution in [0.15, 0.2) is 48.9 Å². The first-order valence-electron chi connectivity index (χ1n) is 8.08. The Morgan fingerprint density at radius 3 is 2.77 bits per heavy atom. The van der Waals surface area contributed by atoms with Gasteiger partial charge in [-0.2, -0.15) is 5.10 Å². The number of sulfonamides is 1. The lowest BCUT2D eigenvalue weighted by atomic mass is 10.1. The second kappa shape index (κ2) is 6.10. The van der Waals surface area contributed by atoms with Gasteiger partial charge in [-0.1, -0.05) is 18.2 Å². The summed E-state index contributed by atoms with van der Waals surface area (Å²) in [5.41, 5.74) is 2.28. The third kappa shape index (κ3) is 2.80. The van der Waals surface area contributed by atoms with Crippen LogP contribution in [0.4, 0.5) is 5.69 Å². The molecule has 2 aromatic heterocycles. The van der Waals surface area contributed by atoms with Gasteiger partial charge in [-0.15, -0.1) is 0 Å². The van der Waals surface area contributed by atoms with Crippen molar-refractivity contribution < 1.29 is 13.2 Å². The van der Waals surface area contributed by atoms with Crippen molar-refractivity contribution in [2.75, 3.05) is 23.7 Å². The Morgan fingerprint density at radius 1 is 1.15 bits per heavy atom. The number of aromatic nitrogens is 3. The van der Waals surface area contributed by atoms with E-state index in [2.05, 4.69) is 10.1 Å². The molecule has 134 valence electrons. The van der Waals surface area contributed by atoms with Gasteiger partial charge in [-0.3, -0.25) is 9.10 Å². The van der Waals surface area contributed by atoms with Gasteiger partial charge < -0.3 is 4.90 Å². The highest BCUT2D eigenvalue weighted by molar-refractivity contribution is 7.92. The largest absolute Gasteiger partial charge is 0.332 e. The van der Waals surface area contributed by atoms with Gasteiger partial charge in [0.2, 0.25) is 10.0 Å². The van der Waals surface area contributed by atoms with Crippen molar-refractivity contribution in [2.45, 2.75) is 6.54 Å².